The van der Waals surface area contributed by atoms with Crippen LogP contribution in [-0.2, 0) is 17.8 Å². The molecule has 1 unspecified atom stereocenters. The summed E-state index contributed by atoms with van der Waals surface area (Å²) in [5.41, 5.74) is 2.93. The number of hydrogen-bond acceptors (Lipinski definition) is 6. The Morgan fingerprint density at radius 2 is 2.19 bits per heavy atom. The first kappa shape index (κ1) is 19.2. The number of nitrogens with zero attached hydrogens (tertiary/aromatic N) is 5. The molecule has 0 bridgehead atoms. The van der Waals surface area contributed by atoms with Crippen molar-refractivity contribution in [2.45, 2.75) is 26.8 Å². The third-order valence-electron chi connectivity index (χ3n) is 4.72. The molecule has 1 amide bonds. The number of hydrogen-bond donors (Lipinski definition) is 1. The summed E-state index contributed by atoms with van der Waals surface area (Å²) in [6.45, 7) is 6.91. The van der Waals surface area contributed by atoms with Crippen LogP contribution in [0.3, 0.4) is 0 Å². The SMILES string of the molecule is CC(=O)N1CCc2c(nc(-c3cccnc3)nc2NCC(C)CN(C)C)C1. The van der Waals surface area contributed by atoms with Gasteiger partial charge in [-0.25, -0.2) is 9.97 Å². The van der Waals surface area contributed by atoms with Crippen molar-refractivity contribution in [3.63, 3.8) is 0 Å². The summed E-state index contributed by atoms with van der Waals surface area (Å²) in [6, 6.07) is 3.84. The van der Waals surface area contributed by atoms with E-state index in [2.05, 4.69) is 36.2 Å². The van der Waals surface area contributed by atoms with Gasteiger partial charge in [0, 0.05) is 50.1 Å². The Bertz CT molecular complexity index is 793. The highest BCUT2D eigenvalue weighted by molar-refractivity contribution is 5.74. The van der Waals surface area contributed by atoms with E-state index < -0.39 is 0 Å². The molecular weight excluding hydrogens is 340 g/mol. The number of carbonyl (C=O) groups is 1. The Morgan fingerprint density at radius 1 is 1.37 bits per heavy atom. The molecule has 1 atom stereocenters. The van der Waals surface area contributed by atoms with Crippen LogP contribution in [0.5, 0.6) is 0 Å². The summed E-state index contributed by atoms with van der Waals surface area (Å²) in [4.78, 5) is 29.6. The van der Waals surface area contributed by atoms with E-state index in [9.17, 15) is 4.79 Å². The molecule has 0 radical (unpaired) electrons. The molecule has 3 heterocycles. The lowest BCUT2D eigenvalue weighted by atomic mass is 10.0. The highest BCUT2D eigenvalue weighted by atomic mass is 16.2. The van der Waals surface area contributed by atoms with Crippen LogP contribution in [-0.4, -0.2) is 64.4 Å². The van der Waals surface area contributed by atoms with Crippen molar-refractivity contribution in [3.8, 4) is 11.4 Å². The summed E-state index contributed by atoms with van der Waals surface area (Å²) in [6.07, 6.45) is 4.28. The molecule has 1 aliphatic rings. The molecule has 3 rings (SSSR count). The fourth-order valence-electron chi connectivity index (χ4n) is 3.43. The van der Waals surface area contributed by atoms with E-state index in [4.69, 9.17) is 9.97 Å². The van der Waals surface area contributed by atoms with Gasteiger partial charge in [-0.05, 0) is 38.6 Å². The number of rotatable bonds is 6. The predicted octanol–water partition coefficient (Wildman–Crippen LogP) is 2.05. The monoisotopic (exact) mass is 368 g/mol. The van der Waals surface area contributed by atoms with Gasteiger partial charge in [-0.1, -0.05) is 6.92 Å². The maximum absolute atomic E-state index is 11.8. The second kappa shape index (κ2) is 8.43. The summed E-state index contributed by atoms with van der Waals surface area (Å²) in [7, 11) is 4.17. The topological polar surface area (TPSA) is 74.2 Å². The van der Waals surface area contributed by atoms with Gasteiger partial charge >= 0.3 is 0 Å². The van der Waals surface area contributed by atoms with Crippen molar-refractivity contribution in [2.75, 3.05) is 39.0 Å². The lowest BCUT2D eigenvalue weighted by Crippen LogP contribution is -2.35. The molecule has 27 heavy (non-hydrogen) atoms. The first-order chi connectivity index (χ1) is 12.9. The zero-order valence-electron chi connectivity index (χ0n) is 16.6. The first-order valence-corrected chi connectivity index (χ1v) is 9.38. The number of aromatic nitrogens is 3. The summed E-state index contributed by atoms with van der Waals surface area (Å²) < 4.78 is 0. The molecule has 2 aromatic heterocycles. The Hall–Kier alpha value is -2.54. The molecule has 2 aromatic rings. The molecule has 7 heteroatoms. The van der Waals surface area contributed by atoms with Gasteiger partial charge in [0.05, 0.1) is 12.2 Å². The average Bonchev–Trinajstić information content (AvgIpc) is 2.65. The molecule has 0 fully saturated rings. The van der Waals surface area contributed by atoms with Crippen LogP contribution in [0.25, 0.3) is 11.4 Å². The third kappa shape index (κ3) is 4.80. The number of carbonyl (C=O) groups excluding carboxylic acids is 1. The Balaban J connectivity index is 1.91. The molecule has 0 spiro atoms. The highest BCUT2D eigenvalue weighted by Crippen LogP contribution is 2.27. The van der Waals surface area contributed by atoms with Crippen LogP contribution in [0.2, 0.25) is 0 Å². The van der Waals surface area contributed by atoms with Gasteiger partial charge < -0.3 is 15.1 Å². The van der Waals surface area contributed by atoms with Gasteiger partial charge in [-0.2, -0.15) is 0 Å². The number of fused-ring (bicyclic) bond motifs is 1. The van der Waals surface area contributed by atoms with Gasteiger partial charge in [-0.3, -0.25) is 9.78 Å². The smallest absolute Gasteiger partial charge is 0.219 e. The molecule has 144 valence electrons. The molecule has 1 N–H and O–H groups in total. The van der Waals surface area contributed by atoms with E-state index in [1.54, 1.807) is 19.3 Å². The van der Waals surface area contributed by atoms with Crippen molar-refractivity contribution in [2.24, 2.45) is 5.92 Å². The summed E-state index contributed by atoms with van der Waals surface area (Å²) in [5.74, 6) is 2.10. The van der Waals surface area contributed by atoms with Crippen molar-refractivity contribution in [1.29, 1.82) is 0 Å². The van der Waals surface area contributed by atoms with Gasteiger partial charge in [0.1, 0.15) is 5.82 Å². The van der Waals surface area contributed by atoms with E-state index >= 15 is 0 Å². The van der Waals surface area contributed by atoms with Gasteiger partial charge in [-0.15, -0.1) is 0 Å². The van der Waals surface area contributed by atoms with Gasteiger partial charge in [0.25, 0.3) is 0 Å². The number of anilines is 1. The van der Waals surface area contributed by atoms with E-state index in [0.717, 1.165) is 42.1 Å². The molecular formula is C20H28N6O. The minimum absolute atomic E-state index is 0.0799. The fourth-order valence-corrected chi connectivity index (χ4v) is 3.43. The Labute approximate surface area is 160 Å². The molecule has 0 aliphatic carbocycles. The number of amides is 1. The maximum atomic E-state index is 11.8. The molecule has 0 aromatic carbocycles. The van der Waals surface area contributed by atoms with Crippen molar-refractivity contribution in [3.05, 3.63) is 35.8 Å². The summed E-state index contributed by atoms with van der Waals surface area (Å²) >= 11 is 0. The molecule has 1 aliphatic heterocycles. The number of pyridine rings is 1. The quantitative estimate of drug-likeness (QED) is 0.841. The van der Waals surface area contributed by atoms with Crippen molar-refractivity contribution >= 4 is 11.7 Å². The lowest BCUT2D eigenvalue weighted by molar-refractivity contribution is -0.129. The molecule has 7 nitrogen and oxygen atoms in total. The zero-order chi connectivity index (χ0) is 19.4. The van der Waals surface area contributed by atoms with Crippen molar-refractivity contribution < 1.29 is 4.79 Å². The maximum Gasteiger partial charge on any atom is 0.219 e. The summed E-state index contributed by atoms with van der Waals surface area (Å²) in [5, 5.41) is 3.53. The average molecular weight is 368 g/mol. The minimum Gasteiger partial charge on any atom is -0.369 e. The van der Waals surface area contributed by atoms with Crippen LogP contribution in [0, 0.1) is 5.92 Å². The lowest BCUT2D eigenvalue weighted by Gasteiger charge is -2.29. The second-order valence-corrected chi connectivity index (χ2v) is 7.50. The van der Waals surface area contributed by atoms with E-state index in [1.165, 1.54) is 0 Å². The highest BCUT2D eigenvalue weighted by Gasteiger charge is 2.24. The standard InChI is InChI=1S/C20H28N6O/c1-14(12-25(3)4)10-22-20-17-7-9-26(15(2)27)13-18(17)23-19(24-20)16-6-5-8-21-11-16/h5-6,8,11,14H,7,9-10,12-13H2,1-4H3,(H,22,23,24). The Kier molecular flexibility index (Phi) is 6.01. The van der Waals surface area contributed by atoms with Crippen LogP contribution >= 0.6 is 0 Å². The largest absolute Gasteiger partial charge is 0.369 e. The normalized spacial score (nSPS) is 14.8. The van der Waals surface area contributed by atoms with E-state index in [0.29, 0.717) is 24.8 Å². The first-order valence-electron chi connectivity index (χ1n) is 9.38. The Morgan fingerprint density at radius 3 is 2.85 bits per heavy atom. The van der Waals surface area contributed by atoms with Crippen LogP contribution in [0.4, 0.5) is 5.82 Å². The van der Waals surface area contributed by atoms with Gasteiger partial charge in [0.15, 0.2) is 5.82 Å². The molecule has 0 saturated carbocycles. The van der Waals surface area contributed by atoms with Crippen LogP contribution in [0.15, 0.2) is 24.5 Å². The van der Waals surface area contributed by atoms with Gasteiger partial charge in [0.2, 0.25) is 5.91 Å². The fraction of sp³-hybridized carbons (Fsp3) is 0.500. The zero-order valence-corrected chi connectivity index (χ0v) is 16.6. The van der Waals surface area contributed by atoms with E-state index in [-0.39, 0.29) is 5.91 Å². The van der Waals surface area contributed by atoms with Crippen LogP contribution in [0.1, 0.15) is 25.1 Å². The number of nitrogens with one attached hydrogen (secondary N) is 1. The van der Waals surface area contributed by atoms with E-state index in [1.807, 2.05) is 17.0 Å². The minimum atomic E-state index is 0.0799. The second-order valence-electron chi connectivity index (χ2n) is 7.50. The third-order valence-corrected chi connectivity index (χ3v) is 4.72. The molecule has 0 saturated heterocycles. The van der Waals surface area contributed by atoms with Crippen LogP contribution < -0.4 is 5.32 Å². The van der Waals surface area contributed by atoms with Crippen molar-refractivity contribution in [1.82, 2.24) is 24.8 Å². The predicted molar refractivity (Wildman–Crippen MR) is 106 cm³/mol.